The zero-order valence-corrected chi connectivity index (χ0v) is 9.25. The van der Waals surface area contributed by atoms with E-state index in [0.29, 0.717) is 11.6 Å². The van der Waals surface area contributed by atoms with E-state index in [1.54, 1.807) is 12.1 Å². The van der Waals surface area contributed by atoms with E-state index in [-0.39, 0.29) is 17.6 Å². The molecule has 0 aliphatic carbocycles. The summed E-state index contributed by atoms with van der Waals surface area (Å²) in [5, 5.41) is 2.74. The second-order valence-electron chi connectivity index (χ2n) is 4.03. The van der Waals surface area contributed by atoms with Gasteiger partial charge in [0.25, 0.3) is 0 Å². The fraction of sp³-hybridized carbons (Fsp3) is 0.417. The molecule has 0 aliphatic heterocycles. The van der Waals surface area contributed by atoms with E-state index in [9.17, 15) is 9.18 Å². The first kappa shape index (κ1) is 11.7. The third-order valence-corrected chi connectivity index (χ3v) is 2.53. The average molecular weight is 209 g/mol. The minimum Gasteiger partial charge on any atom is -0.326 e. The van der Waals surface area contributed by atoms with Crippen molar-refractivity contribution >= 4 is 11.6 Å². The fourth-order valence-electron chi connectivity index (χ4n) is 1.09. The van der Waals surface area contributed by atoms with Crippen LogP contribution in [0.4, 0.5) is 10.1 Å². The van der Waals surface area contributed by atoms with Gasteiger partial charge in [0, 0.05) is 11.6 Å². The summed E-state index contributed by atoms with van der Waals surface area (Å²) in [6, 6.07) is 5.77. The molecule has 3 heteroatoms. The van der Waals surface area contributed by atoms with E-state index < -0.39 is 0 Å². The summed E-state index contributed by atoms with van der Waals surface area (Å²) in [7, 11) is 0. The molecule has 1 aromatic carbocycles. The van der Waals surface area contributed by atoms with E-state index in [4.69, 9.17) is 0 Å². The molecule has 0 heterocycles. The van der Waals surface area contributed by atoms with E-state index in [2.05, 4.69) is 5.32 Å². The molecule has 1 N–H and O–H groups in total. The molecular weight excluding hydrogens is 193 g/mol. The van der Waals surface area contributed by atoms with Gasteiger partial charge in [-0.3, -0.25) is 4.79 Å². The van der Waals surface area contributed by atoms with Crippen LogP contribution in [0.5, 0.6) is 0 Å². The van der Waals surface area contributed by atoms with Crippen LogP contribution in [0.2, 0.25) is 0 Å². The number of nitrogens with one attached hydrogen (secondary N) is 1. The van der Waals surface area contributed by atoms with E-state index >= 15 is 0 Å². The molecule has 1 unspecified atom stereocenters. The minimum atomic E-state index is -0.301. The molecule has 1 aromatic rings. The first-order chi connectivity index (χ1) is 7.00. The van der Waals surface area contributed by atoms with Gasteiger partial charge in [0.2, 0.25) is 5.91 Å². The lowest BCUT2D eigenvalue weighted by molar-refractivity contribution is -0.120. The van der Waals surface area contributed by atoms with Crippen molar-refractivity contribution in [3.63, 3.8) is 0 Å². The molecule has 0 saturated heterocycles. The number of carbonyl (C=O) groups excluding carboxylic acids is 1. The summed E-state index contributed by atoms with van der Waals surface area (Å²) in [4.78, 5) is 11.6. The second-order valence-corrected chi connectivity index (χ2v) is 4.03. The number of rotatable bonds is 3. The van der Waals surface area contributed by atoms with Gasteiger partial charge in [0.15, 0.2) is 0 Å². The van der Waals surface area contributed by atoms with Crippen LogP contribution in [0.15, 0.2) is 24.3 Å². The number of hydrogen-bond acceptors (Lipinski definition) is 1. The molecule has 15 heavy (non-hydrogen) atoms. The van der Waals surface area contributed by atoms with Crippen molar-refractivity contribution in [2.24, 2.45) is 11.8 Å². The normalized spacial score (nSPS) is 12.6. The van der Waals surface area contributed by atoms with Crippen LogP contribution in [0, 0.1) is 17.7 Å². The topological polar surface area (TPSA) is 29.1 Å². The number of benzene rings is 1. The smallest absolute Gasteiger partial charge is 0.227 e. The summed E-state index contributed by atoms with van der Waals surface area (Å²) < 4.78 is 12.6. The van der Waals surface area contributed by atoms with Crippen molar-refractivity contribution in [2.45, 2.75) is 20.8 Å². The lowest BCUT2D eigenvalue weighted by Crippen LogP contribution is -2.24. The molecular formula is C12H16FNO. The van der Waals surface area contributed by atoms with Crippen LogP contribution in [0.1, 0.15) is 20.8 Å². The van der Waals surface area contributed by atoms with Crippen molar-refractivity contribution in [1.82, 2.24) is 0 Å². The van der Waals surface area contributed by atoms with Crippen LogP contribution in [-0.2, 0) is 4.79 Å². The predicted octanol–water partition coefficient (Wildman–Crippen LogP) is 3.06. The van der Waals surface area contributed by atoms with Crippen LogP contribution >= 0.6 is 0 Å². The standard InChI is InChI=1S/C12H16FNO/c1-8(2)9(3)12(15)14-11-6-4-10(13)5-7-11/h4-9H,1-3H3,(H,14,15). The molecule has 0 aliphatic rings. The van der Waals surface area contributed by atoms with Crippen molar-refractivity contribution in [3.8, 4) is 0 Å². The SMILES string of the molecule is CC(C)C(C)C(=O)Nc1ccc(F)cc1. The van der Waals surface area contributed by atoms with E-state index in [1.807, 2.05) is 20.8 Å². The highest BCUT2D eigenvalue weighted by atomic mass is 19.1. The zero-order chi connectivity index (χ0) is 11.4. The maximum atomic E-state index is 12.6. The van der Waals surface area contributed by atoms with E-state index in [1.165, 1.54) is 12.1 Å². The Kier molecular flexibility index (Phi) is 3.83. The molecule has 0 spiro atoms. The second kappa shape index (κ2) is 4.91. The molecule has 1 amide bonds. The van der Waals surface area contributed by atoms with Gasteiger partial charge in [0.1, 0.15) is 5.82 Å². The quantitative estimate of drug-likeness (QED) is 0.814. The average Bonchev–Trinajstić information content (AvgIpc) is 2.20. The van der Waals surface area contributed by atoms with Gasteiger partial charge < -0.3 is 5.32 Å². The Labute approximate surface area is 89.5 Å². The molecule has 1 rings (SSSR count). The van der Waals surface area contributed by atoms with Crippen molar-refractivity contribution in [3.05, 3.63) is 30.1 Å². The fourth-order valence-corrected chi connectivity index (χ4v) is 1.09. The summed E-state index contributed by atoms with van der Waals surface area (Å²) in [6.07, 6.45) is 0. The minimum absolute atomic E-state index is 0.0309. The Balaban J connectivity index is 2.62. The van der Waals surface area contributed by atoms with E-state index in [0.717, 1.165) is 0 Å². The number of anilines is 1. The predicted molar refractivity (Wildman–Crippen MR) is 59.0 cm³/mol. The summed E-state index contributed by atoms with van der Waals surface area (Å²) >= 11 is 0. The number of hydrogen-bond donors (Lipinski definition) is 1. The number of amides is 1. The first-order valence-corrected chi connectivity index (χ1v) is 5.07. The van der Waals surface area contributed by atoms with Crippen molar-refractivity contribution in [2.75, 3.05) is 5.32 Å². The summed E-state index contributed by atoms with van der Waals surface area (Å²) in [5.74, 6) is -0.0815. The Hall–Kier alpha value is -1.38. The lowest BCUT2D eigenvalue weighted by Gasteiger charge is -2.15. The molecule has 1 atom stereocenters. The highest BCUT2D eigenvalue weighted by Crippen LogP contribution is 2.14. The number of halogens is 1. The maximum absolute atomic E-state index is 12.6. The Bertz CT molecular complexity index is 332. The van der Waals surface area contributed by atoms with Gasteiger partial charge in [-0.05, 0) is 30.2 Å². The van der Waals surface area contributed by atoms with Crippen molar-refractivity contribution < 1.29 is 9.18 Å². The summed E-state index contributed by atoms with van der Waals surface area (Å²) in [5.41, 5.74) is 0.633. The molecule has 0 bridgehead atoms. The van der Waals surface area contributed by atoms with Gasteiger partial charge in [-0.1, -0.05) is 20.8 Å². The molecule has 0 fully saturated rings. The van der Waals surface area contributed by atoms with Gasteiger partial charge in [-0.25, -0.2) is 4.39 Å². The third-order valence-electron chi connectivity index (χ3n) is 2.53. The Morgan fingerprint density at radius 3 is 2.20 bits per heavy atom. The molecule has 0 saturated carbocycles. The third kappa shape index (κ3) is 3.35. The molecule has 0 radical (unpaired) electrons. The van der Waals surface area contributed by atoms with Crippen LogP contribution in [-0.4, -0.2) is 5.91 Å². The maximum Gasteiger partial charge on any atom is 0.227 e. The zero-order valence-electron chi connectivity index (χ0n) is 9.25. The van der Waals surface area contributed by atoms with Gasteiger partial charge in [0.05, 0.1) is 0 Å². The lowest BCUT2D eigenvalue weighted by atomic mass is 9.97. The highest BCUT2D eigenvalue weighted by molar-refractivity contribution is 5.92. The van der Waals surface area contributed by atoms with Gasteiger partial charge in [-0.15, -0.1) is 0 Å². The molecule has 0 aromatic heterocycles. The molecule has 82 valence electrons. The highest BCUT2D eigenvalue weighted by Gasteiger charge is 2.16. The van der Waals surface area contributed by atoms with Gasteiger partial charge in [-0.2, -0.15) is 0 Å². The Morgan fingerprint density at radius 1 is 1.20 bits per heavy atom. The molecule has 2 nitrogen and oxygen atoms in total. The monoisotopic (exact) mass is 209 g/mol. The van der Waals surface area contributed by atoms with Crippen LogP contribution < -0.4 is 5.32 Å². The Morgan fingerprint density at radius 2 is 1.73 bits per heavy atom. The number of carbonyl (C=O) groups is 1. The van der Waals surface area contributed by atoms with Gasteiger partial charge >= 0.3 is 0 Å². The largest absolute Gasteiger partial charge is 0.326 e. The first-order valence-electron chi connectivity index (χ1n) is 5.07. The summed E-state index contributed by atoms with van der Waals surface area (Å²) in [6.45, 7) is 5.87. The van der Waals surface area contributed by atoms with Crippen molar-refractivity contribution in [1.29, 1.82) is 0 Å². The van der Waals surface area contributed by atoms with Crippen LogP contribution in [0.25, 0.3) is 0 Å². The van der Waals surface area contributed by atoms with Crippen LogP contribution in [0.3, 0.4) is 0 Å².